The van der Waals surface area contributed by atoms with Gasteiger partial charge in [-0.2, -0.15) is 4.98 Å². The maximum absolute atomic E-state index is 11.6. The van der Waals surface area contributed by atoms with E-state index in [9.17, 15) is 4.79 Å². The minimum atomic E-state index is 0.0948. The molecule has 7 heteroatoms. The van der Waals surface area contributed by atoms with E-state index in [0.29, 0.717) is 13.1 Å². The molecule has 1 aromatic rings. The van der Waals surface area contributed by atoms with Crippen LogP contribution in [0.3, 0.4) is 0 Å². The Bertz CT molecular complexity index is 511. The third kappa shape index (κ3) is 4.07. The fourth-order valence-electron chi connectivity index (χ4n) is 2.59. The summed E-state index contributed by atoms with van der Waals surface area (Å²) in [5.74, 6) is 1.82. The summed E-state index contributed by atoms with van der Waals surface area (Å²) < 4.78 is 0. The van der Waals surface area contributed by atoms with Gasteiger partial charge in [-0.1, -0.05) is 0 Å². The summed E-state index contributed by atoms with van der Waals surface area (Å²) >= 11 is 0. The molecule has 0 saturated carbocycles. The van der Waals surface area contributed by atoms with Crippen LogP contribution in [0.25, 0.3) is 0 Å². The van der Waals surface area contributed by atoms with Crippen LogP contribution in [0.2, 0.25) is 0 Å². The molecule has 0 radical (unpaired) electrons. The second kappa shape index (κ2) is 7.40. The fraction of sp³-hybridized carbons (Fsp3) is 0.667. The first-order valence-corrected chi connectivity index (χ1v) is 7.76. The van der Waals surface area contributed by atoms with E-state index < -0.39 is 0 Å². The van der Waals surface area contributed by atoms with E-state index in [4.69, 9.17) is 0 Å². The van der Waals surface area contributed by atoms with E-state index in [1.54, 1.807) is 0 Å². The minimum absolute atomic E-state index is 0.0948. The molecule has 0 aromatic carbocycles. The second-order valence-corrected chi connectivity index (χ2v) is 5.79. The molecule has 7 nitrogen and oxygen atoms in total. The van der Waals surface area contributed by atoms with Crippen molar-refractivity contribution < 1.29 is 4.79 Å². The number of anilines is 2. The molecule has 0 spiro atoms. The summed E-state index contributed by atoms with van der Waals surface area (Å²) in [5.41, 5.74) is 1.07. The van der Waals surface area contributed by atoms with Crippen molar-refractivity contribution in [3.05, 3.63) is 11.8 Å². The molecule has 1 aliphatic heterocycles. The lowest BCUT2D eigenvalue weighted by Crippen LogP contribution is -2.50. The molecule has 22 heavy (non-hydrogen) atoms. The lowest BCUT2D eigenvalue weighted by molar-refractivity contribution is -0.122. The SMILES string of the molecule is CCNC(=O)CN1CCN(c2ncc(C)c(N(C)C)n2)CC1. The number of piperazine rings is 1. The van der Waals surface area contributed by atoms with Crippen molar-refractivity contribution in [3.8, 4) is 0 Å². The first-order valence-electron chi connectivity index (χ1n) is 7.76. The standard InChI is InChI=1S/C15H26N6O/c1-5-16-13(22)11-20-6-8-21(9-7-20)15-17-10-12(2)14(18-15)19(3)4/h10H,5-9,11H2,1-4H3,(H,16,22). The van der Waals surface area contributed by atoms with Crippen LogP contribution in [0.15, 0.2) is 6.20 Å². The van der Waals surface area contributed by atoms with Gasteiger partial charge in [-0.15, -0.1) is 0 Å². The van der Waals surface area contributed by atoms with Crippen LogP contribution in [0.1, 0.15) is 12.5 Å². The van der Waals surface area contributed by atoms with E-state index in [1.807, 2.05) is 39.0 Å². The van der Waals surface area contributed by atoms with Crippen LogP contribution in [0, 0.1) is 6.92 Å². The highest BCUT2D eigenvalue weighted by molar-refractivity contribution is 5.77. The molecule has 1 N–H and O–H groups in total. The lowest BCUT2D eigenvalue weighted by atomic mass is 10.3. The van der Waals surface area contributed by atoms with Crippen LogP contribution in [0.5, 0.6) is 0 Å². The molecule has 1 amide bonds. The van der Waals surface area contributed by atoms with Gasteiger partial charge in [0.25, 0.3) is 0 Å². The number of amides is 1. The Hall–Kier alpha value is -1.89. The van der Waals surface area contributed by atoms with Gasteiger partial charge >= 0.3 is 0 Å². The number of likely N-dealkylation sites (N-methyl/N-ethyl adjacent to an activating group) is 1. The number of nitrogens with one attached hydrogen (secondary N) is 1. The van der Waals surface area contributed by atoms with Crippen LogP contribution in [-0.4, -0.2) is 74.1 Å². The molecule has 1 aliphatic rings. The second-order valence-electron chi connectivity index (χ2n) is 5.79. The van der Waals surface area contributed by atoms with Gasteiger partial charge in [-0.25, -0.2) is 4.98 Å². The predicted octanol–water partition coefficient (Wildman–Crippen LogP) is 0.109. The van der Waals surface area contributed by atoms with Crippen LogP contribution >= 0.6 is 0 Å². The van der Waals surface area contributed by atoms with Crippen LogP contribution < -0.4 is 15.1 Å². The monoisotopic (exact) mass is 306 g/mol. The molecule has 0 atom stereocenters. The Kier molecular flexibility index (Phi) is 5.54. The Morgan fingerprint density at radius 2 is 2.00 bits per heavy atom. The first kappa shape index (κ1) is 16.5. The Morgan fingerprint density at radius 1 is 1.32 bits per heavy atom. The number of hydrogen-bond acceptors (Lipinski definition) is 6. The largest absolute Gasteiger partial charge is 0.362 e. The third-order valence-electron chi connectivity index (χ3n) is 3.75. The first-order chi connectivity index (χ1) is 10.5. The number of carbonyl (C=O) groups is 1. The summed E-state index contributed by atoms with van der Waals surface area (Å²) in [6.45, 7) is 8.50. The van der Waals surface area contributed by atoms with Crippen molar-refractivity contribution in [2.24, 2.45) is 0 Å². The maximum atomic E-state index is 11.6. The van der Waals surface area contributed by atoms with Gasteiger partial charge in [0.1, 0.15) is 5.82 Å². The number of nitrogens with zero attached hydrogens (tertiary/aromatic N) is 5. The highest BCUT2D eigenvalue weighted by atomic mass is 16.2. The van der Waals surface area contributed by atoms with Crippen molar-refractivity contribution >= 4 is 17.7 Å². The fourth-order valence-corrected chi connectivity index (χ4v) is 2.59. The number of aryl methyl sites for hydroxylation is 1. The predicted molar refractivity (Wildman–Crippen MR) is 88.4 cm³/mol. The molecule has 2 heterocycles. The number of aromatic nitrogens is 2. The van der Waals surface area contributed by atoms with Crippen LogP contribution in [0.4, 0.5) is 11.8 Å². The molecule has 1 aromatic heterocycles. The molecule has 1 fully saturated rings. The van der Waals surface area contributed by atoms with Crippen molar-refractivity contribution in [1.29, 1.82) is 0 Å². The molecular formula is C15H26N6O. The topological polar surface area (TPSA) is 64.6 Å². The van der Waals surface area contributed by atoms with E-state index in [2.05, 4.69) is 25.1 Å². The number of rotatable bonds is 5. The van der Waals surface area contributed by atoms with Gasteiger partial charge in [-0.05, 0) is 13.8 Å². The Morgan fingerprint density at radius 3 is 2.59 bits per heavy atom. The average Bonchev–Trinajstić information content (AvgIpc) is 2.48. The smallest absolute Gasteiger partial charge is 0.234 e. The number of carbonyl (C=O) groups excluding carboxylic acids is 1. The van der Waals surface area contributed by atoms with E-state index in [1.165, 1.54) is 0 Å². The maximum Gasteiger partial charge on any atom is 0.234 e. The van der Waals surface area contributed by atoms with Gasteiger partial charge in [0.15, 0.2) is 0 Å². The Labute approximate surface area is 132 Å². The van der Waals surface area contributed by atoms with Crippen LogP contribution in [-0.2, 0) is 4.79 Å². The Balaban J connectivity index is 1.94. The van der Waals surface area contributed by atoms with Crippen molar-refractivity contribution in [3.63, 3.8) is 0 Å². The highest BCUT2D eigenvalue weighted by Crippen LogP contribution is 2.18. The average molecular weight is 306 g/mol. The zero-order valence-corrected chi connectivity index (χ0v) is 14.0. The van der Waals surface area contributed by atoms with Gasteiger partial charge in [0.05, 0.1) is 6.54 Å². The van der Waals surface area contributed by atoms with Gasteiger partial charge in [0.2, 0.25) is 11.9 Å². The third-order valence-corrected chi connectivity index (χ3v) is 3.75. The molecule has 0 aliphatic carbocycles. The quantitative estimate of drug-likeness (QED) is 0.833. The molecule has 1 saturated heterocycles. The molecular weight excluding hydrogens is 280 g/mol. The lowest BCUT2D eigenvalue weighted by Gasteiger charge is -2.34. The van der Waals surface area contributed by atoms with Gasteiger partial charge in [0, 0.05) is 58.6 Å². The van der Waals surface area contributed by atoms with Crippen molar-refractivity contribution in [1.82, 2.24) is 20.2 Å². The molecule has 122 valence electrons. The summed E-state index contributed by atoms with van der Waals surface area (Å²) in [6, 6.07) is 0. The summed E-state index contributed by atoms with van der Waals surface area (Å²) in [6.07, 6.45) is 1.87. The van der Waals surface area contributed by atoms with E-state index in [-0.39, 0.29) is 5.91 Å². The number of hydrogen-bond donors (Lipinski definition) is 1. The highest BCUT2D eigenvalue weighted by Gasteiger charge is 2.21. The minimum Gasteiger partial charge on any atom is -0.362 e. The van der Waals surface area contributed by atoms with Gasteiger partial charge in [-0.3, -0.25) is 9.69 Å². The summed E-state index contributed by atoms with van der Waals surface area (Å²) in [5, 5.41) is 2.84. The summed E-state index contributed by atoms with van der Waals surface area (Å²) in [7, 11) is 3.98. The van der Waals surface area contributed by atoms with Crippen molar-refractivity contribution in [2.45, 2.75) is 13.8 Å². The van der Waals surface area contributed by atoms with E-state index in [0.717, 1.165) is 43.5 Å². The van der Waals surface area contributed by atoms with Crippen molar-refractivity contribution in [2.75, 3.05) is 63.2 Å². The molecule has 0 unspecified atom stereocenters. The van der Waals surface area contributed by atoms with E-state index >= 15 is 0 Å². The molecule has 0 bridgehead atoms. The zero-order chi connectivity index (χ0) is 16.1. The summed E-state index contributed by atoms with van der Waals surface area (Å²) in [4.78, 5) is 27.1. The zero-order valence-electron chi connectivity index (χ0n) is 14.0. The normalized spacial score (nSPS) is 15.7. The van der Waals surface area contributed by atoms with Gasteiger partial charge < -0.3 is 15.1 Å². The molecule has 2 rings (SSSR count).